The Hall–Kier alpha value is -2.40. The third kappa shape index (κ3) is 2.05. The van der Waals surface area contributed by atoms with Gasteiger partial charge in [-0.25, -0.2) is 0 Å². The van der Waals surface area contributed by atoms with Crippen LogP contribution in [0.5, 0.6) is 0 Å². The van der Waals surface area contributed by atoms with Gasteiger partial charge < -0.3 is 14.7 Å². The van der Waals surface area contributed by atoms with Gasteiger partial charge in [-0.2, -0.15) is 0 Å². The van der Waals surface area contributed by atoms with Crippen molar-refractivity contribution in [2.24, 2.45) is 11.8 Å². The van der Waals surface area contributed by atoms with Gasteiger partial charge in [-0.1, -0.05) is 35.9 Å². The molecule has 1 spiro atoms. The molecule has 0 saturated carbocycles. The minimum atomic E-state index is -0.977. The minimum Gasteiger partial charge on any atom is -0.481 e. The summed E-state index contributed by atoms with van der Waals surface area (Å²) in [4.78, 5) is 26.9. The Kier molecular flexibility index (Phi) is 3.41. The molecule has 5 heteroatoms. The fourth-order valence-electron chi connectivity index (χ4n) is 4.63. The van der Waals surface area contributed by atoms with E-state index in [9.17, 15) is 14.7 Å². The number of amides is 1. The quantitative estimate of drug-likeness (QED) is 0.857. The number of aliphatic carboxylic acids is 1. The summed E-state index contributed by atoms with van der Waals surface area (Å²) >= 11 is 0. The van der Waals surface area contributed by atoms with E-state index in [1.54, 1.807) is 11.0 Å². The van der Waals surface area contributed by atoms with E-state index < -0.39 is 29.5 Å². The standard InChI is InChI=1S/C20H21NO4/c1-11(2)10-15-20-9-8-14(25-20)16(19(23)24)17(20)18(22)21(15)13-7-5-4-6-12(13)3/h4-9,14-17H,1,10H2,2-3H3,(H,23,24)/t14-,15+,16+,17-,20+/m1/s1. The van der Waals surface area contributed by atoms with Crippen molar-refractivity contribution in [3.05, 3.63) is 54.1 Å². The normalized spacial score (nSPS) is 35.3. The number of carbonyl (C=O) groups is 2. The zero-order valence-electron chi connectivity index (χ0n) is 14.3. The summed E-state index contributed by atoms with van der Waals surface area (Å²) in [5.74, 6) is -2.67. The highest BCUT2D eigenvalue weighted by Gasteiger charge is 2.71. The van der Waals surface area contributed by atoms with Crippen LogP contribution in [0.25, 0.3) is 0 Å². The van der Waals surface area contributed by atoms with Crippen LogP contribution in [0.1, 0.15) is 18.9 Å². The lowest BCUT2D eigenvalue weighted by Crippen LogP contribution is -2.45. The fourth-order valence-corrected chi connectivity index (χ4v) is 4.63. The maximum absolute atomic E-state index is 13.4. The predicted molar refractivity (Wildman–Crippen MR) is 93.2 cm³/mol. The first-order valence-corrected chi connectivity index (χ1v) is 8.50. The summed E-state index contributed by atoms with van der Waals surface area (Å²) < 4.78 is 6.14. The highest BCUT2D eigenvalue weighted by molar-refractivity contribution is 6.03. The molecule has 130 valence electrons. The van der Waals surface area contributed by atoms with E-state index in [-0.39, 0.29) is 11.9 Å². The van der Waals surface area contributed by atoms with E-state index >= 15 is 0 Å². The second-order valence-corrected chi connectivity index (χ2v) is 7.31. The number of para-hydroxylation sites is 1. The number of aryl methyl sites for hydroxylation is 1. The van der Waals surface area contributed by atoms with Crippen molar-refractivity contribution in [3.8, 4) is 0 Å². The van der Waals surface area contributed by atoms with E-state index in [1.807, 2.05) is 44.2 Å². The van der Waals surface area contributed by atoms with E-state index in [1.165, 1.54) is 0 Å². The second kappa shape index (κ2) is 5.30. The zero-order chi connectivity index (χ0) is 17.9. The Morgan fingerprint density at radius 2 is 2.12 bits per heavy atom. The molecule has 3 aliphatic rings. The highest BCUT2D eigenvalue weighted by Crippen LogP contribution is 2.57. The molecule has 0 unspecified atom stereocenters. The molecule has 0 aromatic heterocycles. The Morgan fingerprint density at radius 1 is 1.40 bits per heavy atom. The smallest absolute Gasteiger partial charge is 0.310 e. The van der Waals surface area contributed by atoms with Crippen LogP contribution in [-0.4, -0.2) is 34.7 Å². The van der Waals surface area contributed by atoms with Crippen molar-refractivity contribution in [2.75, 3.05) is 4.90 Å². The van der Waals surface area contributed by atoms with Crippen LogP contribution in [0.4, 0.5) is 5.69 Å². The van der Waals surface area contributed by atoms with Crippen LogP contribution in [0, 0.1) is 18.8 Å². The van der Waals surface area contributed by atoms with Crippen LogP contribution in [0.3, 0.4) is 0 Å². The SMILES string of the molecule is C=C(C)C[C@@H]1N(c2ccccc2C)C(=O)[C@H]2[C@@H](C(=O)O)[C@H]3C=C[C@]12O3. The topological polar surface area (TPSA) is 66.8 Å². The molecule has 1 aromatic rings. The number of rotatable bonds is 4. The largest absolute Gasteiger partial charge is 0.481 e. The summed E-state index contributed by atoms with van der Waals surface area (Å²) in [5, 5.41) is 9.67. The molecule has 0 radical (unpaired) electrons. The lowest BCUT2D eigenvalue weighted by atomic mass is 9.74. The Morgan fingerprint density at radius 3 is 2.76 bits per heavy atom. The van der Waals surface area contributed by atoms with Crippen LogP contribution in [0.15, 0.2) is 48.6 Å². The Bertz CT molecular complexity index is 814. The van der Waals surface area contributed by atoms with E-state index in [2.05, 4.69) is 6.58 Å². The fraction of sp³-hybridized carbons (Fsp3) is 0.400. The van der Waals surface area contributed by atoms with Crippen molar-refractivity contribution in [3.63, 3.8) is 0 Å². The molecule has 3 aliphatic heterocycles. The molecule has 4 rings (SSSR count). The number of hydrogen-bond donors (Lipinski definition) is 1. The third-order valence-corrected chi connectivity index (χ3v) is 5.62. The molecule has 1 amide bonds. The highest BCUT2D eigenvalue weighted by atomic mass is 16.5. The van der Waals surface area contributed by atoms with E-state index in [0.717, 1.165) is 16.8 Å². The molecule has 0 aliphatic carbocycles. The van der Waals surface area contributed by atoms with Crippen LogP contribution < -0.4 is 4.90 Å². The second-order valence-electron chi connectivity index (χ2n) is 7.31. The lowest BCUT2D eigenvalue weighted by Gasteiger charge is -2.34. The molecule has 1 aromatic carbocycles. The lowest BCUT2D eigenvalue weighted by molar-refractivity contribution is -0.146. The van der Waals surface area contributed by atoms with Crippen molar-refractivity contribution in [1.82, 2.24) is 0 Å². The summed E-state index contributed by atoms with van der Waals surface area (Å²) in [5.41, 5.74) is 1.84. The number of carbonyl (C=O) groups excluding carboxylic acids is 1. The van der Waals surface area contributed by atoms with Gasteiger partial charge in [0.05, 0.1) is 18.1 Å². The van der Waals surface area contributed by atoms with Crippen LogP contribution in [0.2, 0.25) is 0 Å². The molecule has 2 saturated heterocycles. The Labute approximate surface area is 146 Å². The molecule has 2 fully saturated rings. The summed E-state index contributed by atoms with van der Waals surface area (Å²) in [7, 11) is 0. The average molecular weight is 339 g/mol. The monoisotopic (exact) mass is 339 g/mol. The van der Waals surface area contributed by atoms with Gasteiger partial charge in [-0.3, -0.25) is 9.59 Å². The molecular formula is C20H21NO4. The first-order chi connectivity index (χ1) is 11.9. The van der Waals surface area contributed by atoms with E-state index in [0.29, 0.717) is 6.42 Å². The first kappa shape index (κ1) is 16.1. The maximum atomic E-state index is 13.4. The number of anilines is 1. The van der Waals surface area contributed by atoms with Crippen molar-refractivity contribution in [1.29, 1.82) is 0 Å². The number of fused-ring (bicyclic) bond motifs is 1. The van der Waals surface area contributed by atoms with Gasteiger partial charge in [0, 0.05) is 5.69 Å². The summed E-state index contributed by atoms with van der Waals surface area (Å²) in [6.07, 6.45) is 3.75. The van der Waals surface area contributed by atoms with Crippen molar-refractivity contribution in [2.45, 2.75) is 38.0 Å². The number of benzene rings is 1. The number of carboxylic acid groups (broad SMARTS) is 1. The molecule has 25 heavy (non-hydrogen) atoms. The van der Waals surface area contributed by atoms with Crippen molar-refractivity contribution >= 4 is 17.6 Å². The molecule has 3 heterocycles. The van der Waals surface area contributed by atoms with Gasteiger partial charge in [0.2, 0.25) is 5.91 Å². The van der Waals surface area contributed by atoms with Gasteiger partial charge in [0.15, 0.2) is 0 Å². The minimum absolute atomic E-state index is 0.167. The summed E-state index contributed by atoms with van der Waals surface area (Å²) in [6, 6.07) is 7.39. The van der Waals surface area contributed by atoms with Crippen LogP contribution in [-0.2, 0) is 14.3 Å². The van der Waals surface area contributed by atoms with Crippen LogP contribution >= 0.6 is 0 Å². The number of ether oxygens (including phenoxy) is 1. The number of carboxylic acids is 1. The molecular weight excluding hydrogens is 318 g/mol. The Balaban J connectivity index is 1.87. The first-order valence-electron chi connectivity index (χ1n) is 8.50. The average Bonchev–Trinajstić information content (AvgIpc) is 3.18. The van der Waals surface area contributed by atoms with E-state index in [4.69, 9.17) is 4.74 Å². The molecule has 5 atom stereocenters. The van der Waals surface area contributed by atoms with Gasteiger partial charge in [0.1, 0.15) is 11.5 Å². The maximum Gasteiger partial charge on any atom is 0.310 e. The third-order valence-electron chi connectivity index (χ3n) is 5.62. The van der Waals surface area contributed by atoms with Crippen molar-refractivity contribution < 1.29 is 19.4 Å². The van der Waals surface area contributed by atoms with Gasteiger partial charge in [-0.15, -0.1) is 6.58 Å². The predicted octanol–water partition coefficient (Wildman–Crippen LogP) is 2.70. The molecule has 2 bridgehead atoms. The number of hydrogen-bond acceptors (Lipinski definition) is 3. The van der Waals surface area contributed by atoms with Gasteiger partial charge >= 0.3 is 5.97 Å². The summed E-state index contributed by atoms with van der Waals surface area (Å²) in [6.45, 7) is 7.88. The molecule has 1 N–H and O–H groups in total. The van der Waals surface area contributed by atoms with Gasteiger partial charge in [-0.05, 0) is 31.9 Å². The van der Waals surface area contributed by atoms with Gasteiger partial charge in [0.25, 0.3) is 0 Å². The molecule has 5 nitrogen and oxygen atoms in total. The zero-order valence-corrected chi connectivity index (χ0v) is 14.3. The number of nitrogens with zero attached hydrogens (tertiary/aromatic N) is 1.